The molecule has 0 saturated carbocycles. The summed E-state index contributed by atoms with van der Waals surface area (Å²) in [5, 5.41) is 4.52. The van der Waals surface area contributed by atoms with Gasteiger partial charge in [0.05, 0.1) is 11.4 Å². The standard InChI is InChI=1S/C24H19BrN4/c1-17(18-12-14-21(25)15-13-18)28-29-23-16-22(19-8-4-2-5-9-19)26-24(27-23)20-10-6-3-7-11-20/h2-16H,1H3,(H,26,27,29). The Bertz CT molecular complexity index is 1070. The normalized spacial score (nSPS) is 11.3. The number of hydrogen-bond acceptors (Lipinski definition) is 4. The molecular formula is C24H19BrN4. The summed E-state index contributed by atoms with van der Waals surface area (Å²) in [6.45, 7) is 1.97. The number of halogens is 1. The molecule has 142 valence electrons. The predicted octanol–water partition coefficient (Wildman–Crippen LogP) is 6.41. The third kappa shape index (κ3) is 4.76. The number of hydrogen-bond donors (Lipinski definition) is 1. The van der Waals surface area contributed by atoms with E-state index < -0.39 is 0 Å². The Morgan fingerprint density at radius 2 is 1.41 bits per heavy atom. The van der Waals surface area contributed by atoms with Crippen molar-refractivity contribution in [2.75, 3.05) is 5.43 Å². The summed E-state index contributed by atoms with van der Waals surface area (Å²) in [5.74, 6) is 1.31. The number of nitrogens with one attached hydrogen (secondary N) is 1. The van der Waals surface area contributed by atoms with Gasteiger partial charge in [-0.25, -0.2) is 9.97 Å². The van der Waals surface area contributed by atoms with Crippen LogP contribution in [-0.2, 0) is 0 Å². The van der Waals surface area contributed by atoms with Gasteiger partial charge in [0.15, 0.2) is 11.6 Å². The number of nitrogens with zero attached hydrogens (tertiary/aromatic N) is 3. The Labute approximate surface area is 178 Å². The lowest BCUT2D eigenvalue weighted by Gasteiger charge is -2.09. The summed E-state index contributed by atoms with van der Waals surface area (Å²) in [4.78, 5) is 9.44. The van der Waals surface area contributed by atoms with Gasteiger partial charge in [-0.2, -0.15) is 5.10 Å². The van der Waals surface area contributed by atoms with E-state index >= 15 is 0 Å². The van der Waals surface area contributed by atoms with Gasteiger partial charge in [-0.3, -0.25) is 5.43 Å². The summed E-state index contributed by atoms with van der Waals surface area (Å²) in [6, 6.07) is 30.0. The fraction of sp³-hybridized carbons (Fsp3) is 0.0417. The van der Waals surface area contributed by atoms with Crippen LogP contribution >= 0.6 is 15.9 Å². The highest BCUT2D eigenvalue weighted by Gasteiger charge is 2.08. The van der Waals surface area contributed by atoms with Crippen molar-refractivity contribution in [2.24, 2.45) is 5.10 Å². The van der Waals surface area contributed by atoms with Crippen LogP contribution in [0.2, 0.25) is 0 Å². The molecule has 0 bridgehead atoms. The molecule has 5 heteroatoms. The Kier molecular flexibility index (Phi) is 5.77. The molecule has 0 amide bonds. The number of hydrazone groups is 1. The number of benzene rings is 3. The van der Waals surface area contributed by atoms with E-state index in [4.69, 9.17) is 4.98 Å². The summed E-state index contributed by atoms with van der Waals surface area (Å²) in [5.41, 5.74) is 7.86. The topological polar surface area (TPSA) is 50.2 Å². The second kappa shape index (κ2) is 8.80. The first-order chi connectivity index (χ1) is 14.2. The molecule has 29 heavy (non-hydrogen) atoms. The van der Waals surface area contributed by atoms with Crippen molar-refractivity contribution in [3.8, 4) is 22.6 Å². The molecule has 0 radical (unpaired) electrons. The zero-order valence-electron chi connectivity index (χ0n) is 15.9. The van der Waals surface area contributed by atoms with Gasteiger partial charge in [0, 0.05) is 21.7 Å². The maximum absolute atomic E-state index is 4.76. The van der Waals surface area contributed by atoms with Gasteiger partial charge in [-0.15, -0.1) is 0 Å². The largest absolute Gasteiger partial charge is 0.261 e. The maximum atomic E-state index is 4.76. The van der Waals surface area contributed by atoms with Gasteiger partial charge in [-0.05, 0) is 24.6 Å². The summed E-state index contributed by atoms with van der Waals surface area (Å²) >= 11 is 3.46. The zero-order chi connectivity index (χ0) is 20.1. The van der Waals surface area contributed by atoms with Gasteiger partial charge < -0.3 is 0 Å². The molecule has 1 aromatic heterocycles. The van der Waals surface area contributed by atoms with Crippen LogP contribution < -0.4 is 5.43 Å². The van der Waals surface area contributed by atoms with Crippen LogP contribution in [0.5, 0.6) is 0 Å². The van der Waals surface area contributed by atoms with Crippen molar-refractivity contribution in [1.29, 1.82) is 0 Å². The van der Waals surface area contributed by atoms with E-state index in [-0.39, 0.29) is 0 Å². The molecule has 1 N–H and O–H groups in total. The highest BCUT2D eigenvalue weighted by molar-refractivity contribution is 9.10. The van der Waals surface area contributed by atoms with Crippen molar-refractivity contribution < 1.29 is 0 Å². The first-order valence-electron chi connectivity index (χ1n) is 9.25. The lowest BCUT2D eigenvalue weighted by atomic mass is 10.1. The fourth-order valence-electron chi connectivity index (χ4n) is 2.87. The molecule has 0 unspecified atom stereocenters. The van der Waals surface area contributed by atoms with Gasteiger partial charge in [0.2, 0.25) is 0 Å². The van der Waals surface area contributed by atoms with Crippen LogP contribution in [-0.4, -0.2) is 15.7 Å². The highest BCUT2D eigenvalue weighted by Crippen LogP contribution is 2.24. The molecule has 0 atom stereocenters. The molecule has 0 aliphatic carbocycles. The quantitative estimate of drug-likeness (QED) is 0.287. The number of rotatable bonds is 5. The van der Waals surface area contributed by atoms with Crippen molar-refractivity contribution in [1.82, 2.24) is 9.97 Å². The second-order valence-corrected chi connectivity index (χ2v) is 7.43. The predicted molar refractivity (Wildman–Crippen MR) is 123 cm³/mol. The Morgan fingerprint density at radius 3 is 2.07 bits per heavy atom. The number of anilines is 1. The van der Waals surface area contributed by atoms with Crippen molar-refractivity contribution in [3.05, 3.63) is 101 Å². The number of aromatic nitrogens is 2. The van der Waals surface area contributed by atoms with Crippen molar-refractivity contribution in [3.63, 3.8) is 0 Å². The lowest BCUT2D eigenvalue weighted by molar-refractivity contribution is 1.15. The Hall–Kier alpha value is -3.31. The van der Waals surface area contributed by atoms with Gasteiger partial charge in [0.25, 0.3) is 0 Å². The molecule has 4 aromatic rings. The van der Waals surface area contributed by atoms with E-state index in [9.17, 15) is 0 Å². The van der Waals surface area contributed by atoms with E-state index in [1.165, 1.54) is 0 Å². The molecule has 3 aromatic carbocycles. The third-order valence-corrected chi connectivity index (χ3v) is 4.96. The van der Waals surface area contributed by atoms with Crippen LogP contribution in [0.25, 0.3) is 22.6 Å². The van der Waals surface area contributed by atoms with E-state index in [1.807, 2.05) is 97.9 Å². The molecule has 0 fully saturated rings. The van der Waals surface area contributed by atoms with Crippen LogP contribution in [0.15, 0.2) is 101 Å². The minimum absolute atomic E-state index is 0.647. The first kappa shape index (κ1) is 19.0. The first-order valence-corrected chi connectivity index (χ1v) is 10.0. The monoisotopic (exact) mass is 442 g/mol. The van der Waals surface area contributed by atoms with Crippen LogP contribution in [0.3, 0.4) is 0 Å². The smallest absolute Gasteiger partial charge is 0.162 e. The van der Waals surface area contributed by atoms with Gasteiger partial charge >= 0.3 is 0 Å². The van der Waals surface area contributed by atoms with E-state index in [2.05, 4.69) is 31.4 Å². The van der Waals surface area contributed by atoms with E-state index in [1.54, 1.807) is 0 Å². The maximum Gasteiger partial charge on any atom is 0.162 e. The fourth-order valence-corrected chi connectivity index (χ4v) is 3.14. The molecule has 0 aliphatic rings. The minimum atomic E-state index is 0.647. The van der Waals surface area contributed by atoms with Crippen LogP contribution in [0.4, 0.5) is 5.82 Å². The summed E-state index contributed by atoms with van der Waals surface area (Å²) < 4.78 is 1.04. The molecular weight excluding hydrogens is 424 g/mol. The summed E-state index contributed by atoms with van der Waals surface area (Å²) in [7, 11) is 0. The Morgan fingerprint density at radius 1 is 0.793 bits per heavy atom. The molecule has 1 heterocycles. The molecule has 4 nitrogen and oxygen atoms in total. The van der Waals surface area contributed by atoms with E-state index in [0.29, 0.717) is 11.6 Å². The van der Waals surface area contributed by atoms with E-state index in [0.717, 1.165) is 32.6 Å². The zero-order valence-corrected chi connectivity index (χ0v) is 17.5. The molecule has 0 aliphatic heterocycles. The average molecular weight is 443 g/mol. The van der Waals surface area contributed by atoms with Crippen LogP contribution in [0, 0.1) is 0 Å². The van der Waals surface area contributed by atoms with Gasteiger partial charge in [0.1, 0.15) is 0 Å². The SMILES string of the molecule is CC(=NNc1cc(-c2ccccc2)nc(-c2ccccc2)n1)c1ccc(Br)cc1. The van der Waals surface area contributed by atoms with Gasteiger partial charge in [-0.1, -0.05) is 88.7 Å². The van der Waals surface area contributed by atoms with Crippen molar-refractivity contribution in [2.45, 2.75) is 6.92 Å². The van der Waals surface area contributed by atoms with Crippen LogP contribution in [0.1, 0.15) is 12.5 Å². The second-order valence-electron chi connectivity index (χ2n) is 6.51. The molecule has 0 spiro atoms. The Balaban J connectivity index is 1.70. The minimum Gasteiger partial charge on any atom is -0.261 e. The average Bonchev–Trinajstić information content (AvgIpc) is 2.79. The summed E-state index contributed by atoms with van der Waals surface area (Å²) in [6.07, 6.45) is 0. The lowest BCUT2D eigenvalue weighted by Crippen LogP contribution is -2.03. The highest BCUT2D eigenvalue weighted by atomic mass is 79.9. The van der Waals surface area contributed by atoms with Crippen molar-refractivity contribution >= 4 is 27.5 Å². The molecule has 4 rings (SSSR count). The molecule has 0 saturated heterocycles. The third-order valence-electron chi connectivity index (χ3n) is 4.43.